The molecule has 0 heterocycles. The second kappa shape index (κ2) is 10.3. The smallest absolute Gasteiger partial charge is 0.337 e. The minimum atomic E-state index is -0.479. The molecule has 2 amide bonds. The molecule has 3 rings (SSSR count). The number of anilines is 1. The highest BCUT2D eigenvalue weighted by Crippen LogP contribution is 2.18. The third kappa shape index (κ3) is 5.86. The van der Waals surface area contributed by atoms with Crippen LogP contribution in [0.25, 0.3) is 0 Å². The SMILES string of the molecule is COC(=O)c1ccc(/C=N\NC(=O)c2ccccc2NC(=O)c2cccc(Br)c2)cc1. The van der Waals surface area contributed by atoms with Gasteiger partial charge in [0.05, 0.1) is 30.1 Å². The summed E-state index contributed by atoms with van der Waals surface area (Å²) in [7, 11) is 1.31. The summed E-state index contributed by atoms with van der Waals surface area (Å²) in [6.07, 6.45) is 1.45. The molecule has 7 nitrogen and oxygen atoms in total. The highest BCUT2D eigenvalue weighted by atomic mass is 79.9. The van der Waals surface area contributed by atoms with Gasteiger partial charge in [0.2, 0.25) is 0 Å². The summed E-state index contributed by atoms with van der Waals surface area (Å²) in [4.78, 5) is 36.5. The van der Waals surface area contributed by atoms with Crippen molar-refractivity contribution in [3.8, 4) is 0 Å². The van der Waals surface area contributed by atoms with Crippen molar-refractivity contribution in [1.29, 1.82) is 0 Å². The van der Waals surface area contributed by atoms with E-state index in [9.17, 15) is 14.4 Å². The van der Waals surface area contributed by atoms with Crippen LogP contribution in [-0.2, 0) is 4.74 Å². The standard InChI is InChI=1S/C23H18BrN3O4/c1-31-23(30)16-11-9-15(10-12-16)14-25-27-22(29)19-7-2-3-8-20(19)26-21(28)17-5-4-6-18(24)13-17/h2-14H,1H3,(H,26,28)(H,27,29)/b25-14-. The van der Waals surface area contributed by atoms with Crippen molar-refractivity contribution in [3.63, 3.8) is 0 Å². The Morgan fingerprint density at radius 3 is 2.35 bits per heavy atom. The third-order valence-electron chi connectivity index (χ3n) is 4.22. The molecule has 0 spiro atoms. The number of hydrogen-bond donors (Lipinski definition) is 2. The van der Waals surface area contributed by atoms with Crippen molar-refractivity contribution in [2.45, 2.75) is 0 Å². The van der Waals surface area contributed by atoms with Crippen LogP contribution >= 0.6 is 15.9 Å². The lowest BCUT2D eigenvalue weighted by atomic mass is 10.1. The predicted molar refractivity (Wildman–Crippen MR) is 121 cm³/mol. The number of hydrogen-bond acceptors (Lipinski definition) is 5. The molecule has 0 bridgehead atoms. The molecule has 8 heteroatoms. The van der Waals surface area contributed by atoms with Crippen LogP contribution in [0.4, 0.5) is 5.69 Å². The number of hydrazone groups is 1. The average Bonchev–Trinajstić information content (AvgIpc) is 2.79. The molecular formula is C23H18BrN3O4. The van der Waals surface area contributed by atoms with E-state index in [-0.39, 0.29) is 11.5 Å². The Morgan fingerprint density at radius 1 is 0.903 bits per heavy atom. The molecule has 0 radical (unpaired) electrons. The Kier molecular flexibility index (Phi) is 7.29. The number of para-hydroxylation sites is 1. The lowest BCUT2D eigenvalue weighted by Crippen LogP contribution is -2.21. The van der Waals surface area contributed by atoms with Gasteiger partial charge in [-0.3, -0.25) is 9.59 Å². The number of esters is 1. The number of carbonyl (C=O) groups excluding carboxylic acids is 3. The average molecular weight is 480 g/mol. The van der Waals surface area contributed by atoms with Crippen LogP contribution in [0.1, 0.15) is 36.6 Å². The molecule has 0 aliphatic rings. The summed E-state index contributed by atoms with van der Waals surface area (Å²) >= 11 is 3.33. The molecule has 0 fully saturated rings. The number of rotatable bonds is 6. The van der Waals surface area contributed by atoms with Crippen molar-refractivity contribution in [2.75, 3.05) is 12.4 Å². The topological polar surface area (TPSA) is 96.9 Å². The number of halogens is 1. The normalized spacial score (nSPS) is 10.5. The van der Waals surface area contributed by atoms with Crippen molar-refractivity contribution in [1.82, 2.24) is 5.43 Å². The van der Waals surface area contributed by atoms with Crippen LogP contribution in [0.5, 0.6) is 0 Å². The fraction of sp³-hybridized carbons (Fsp3) is 0.0435. The number of carbonyl (C=O) groups is 3. The van der Waals surface area contributed by atoms with Gasteiger partial charge < -0.3 is 10.1 Å². The molecule has 0 saturated heterocycles. The van der Waals surface area contributed by atoms with Crippen LogP contribution in [0.3, 0.4) is 0 Å². The molecule has 0 saturated carbocycles. The highest BCUT2D eigenvalue weighted by molar-refractivity contribution is 9.10. The van der Waals surface area contributed by atoms with Crippen LogP contribution in [-0.4, -0.2) is 31.1 Å². The lowest BCUT2D eigenvalue weighted by Gasteiger charge is -2.10. The number of nitrogens with zero attached hydrogens (tertiary/aromatic N) is 1. The second-order valence-electron chi connectivity index (χ2n) is 6.32. The Morgan fingerprint density at radius 2 is 1.65 bits per heavy atom. The summed E-state index contributed by atoms with van der Waals surface area (Å²) in [6, 6.07) is 20.1. The van der Waals surface area contributed by atoms with Gasteiger partial charge in [0.15, 0.2) is 0 Å². The van der Waals surface area contributed by atoms with Gasteiger partial charge in [-0.1, -0.05) is 46.3 Å². The van der Waals surface area contributed by atoms with Crippen molar-refractivity contribution < 1.29 is 19.1 Å². The quantitative estimate of drug-likeness (QED) is 0.313. The summed E-state index contributed by atoms with van der Waals surface area (Å²) in [6.45, 7) is 0. The van der Waals surface area contributed by atoms with E-state index in [2.05, 4.69) is 36.5 Å². The van der Waals surface area contributed by atoms with Crippen molar-refractivity contribution in [2.24, 2.45) is 5.10 Å². The van der Waals surface area contributed by atoms with Crippen LogP contribution < -0.4 is 10.7 Å². The Bertz CT molecular complexity index is 1140. The van der Waals surface area contributed by atoms with Gasteiger partial charge in [0.1, 0.15) is 0 Å². The van der Waals surface area contributed by atoms with Gasteiger partial charge in [-0.15, -0.1) is 0 Å². The van der Waals surface area contributed by atoms with E-state index in [0.717, 1.165) is 4.47 Å². The van der Waals surface area contributed by atoms with Gasteiger partial charge in [-0.05, 0) is 48.0 Å². The molecule has 2 N–H and O–H groups in total. The molecule has 31 heavy (non-hydrogen) atoms. The number of amides is 2. The molecule has 0 aliphatic carbocycles. The maximum atomic E-state index is 12.6. The molecule has 156 valence electrons. The van der Waals surface area contributed by atoms with E-state index >= 15 is 0 Å². The first-order chi connectivity index (χ1) is 15.0. The van der Waals surface area contributed by atoms with E-state index in [1.807, 2.05) is 6.07 Å². The van der Waals surface area contributed by atoms with E-state index in [0.29, 0.717) is 22.4 Å². The van der Waals surface area contributed by atoms with Gasteiger partial charge in [0.25, 0.3) is 11.8 Å². The van der Waals surface area contributed by atoms with Crippen LogP contribution in [0, 0.1) is 0 Å². The summed E-state index contributed by atoms with van der Waals surface area (Å²) in [5.41, 5.74) is 4.63. The molecule has 3 aromatic rings. The zero-order chi connectivity index (χ0) is 22.2. The molecular weight excluding hydrogens is 462 g/mol. The monoisotopic (exact) mass is 479 g/mol. The fourth-order valence-corrected chi connectivity index (χ4v) is 3.06. The summed E-state index contributed by atoms with van der Waals surface area (Å²) in [5, 5.41) is 6.69. The number of nitrogens with one attached hydrogen (secondary N) is 2. The summed E-state index contributed by atoms with van der Waals surface area (Å²) in [5.74, 6) is -1.25. The molecule has 0 aromatic heterocycles. The van der Waals surface area contributed by atoms with Crippen molar-refractivity contribution in [3.05, 3.63) is 99.5 Å². The minimum absolute atomic E-state index is 0.268. The first-order valence-electron chi connectivity index (χ1n) is 9.15. The molecule has 3 aromatic carbocycles. The van der Waals surface area contributed by atoms with Gasteiger partial charge >= 0.3 is 5.97 Å². The summed E-state index contributed by atoms with van der Waals surface area (Å²) < 4.78 is 5.43. The molecule has 0 atom stereocenters. The minimum Gasteiger partial charge on any atom is -0.465 e. The highest BCUT2D eigenvalue weighted by Gasteiger charge is 2.14. The maximum Gasteiger partial charge on any atom is 0.337 e. The van der Waals surface area contributed by atoms with Gasteiger partial charge in [-0.25, -0.2) is 10.2 Å². The van der Waals surface area contributed by atoms with Crippen LogP contribution in [0.15, 0.2) is 82.4 Å². The van der Waals surface area contributed by atoms with Gasteiger partial charge in [0, 0.05) is 10.0 Å². The Balaban J connectivity index is 1.67. The lowest BCUT2D eigenvalue weighted by molar-refractivity contribution is 0.0600. The number of ether oxygens (including phenoxy) is 1. The first-order valence-corrected chi connectivity index (χ1v) is 9.95. The number of methoxy groups -OCH3 is 1. The zero-order valence-corrected chi connectivity index (χ0v) is 18.0. The fourth-order valence-electron chi connectivity index (χ4n) is 2.66. The Labute approximate surface area is 187 Å². The van der Waals surface area contributed by atoms with Crippen LogP contribution in [0.2, 0.25) is 0 Å². The van der Waals surface area contributed by atoms with E-state index in [1.54, 1.807) is 66.7 Å². The van der Waals surface area contributed by atoms with E-state index in [4.69, 9.17) is 0 Å². The van der Waals surface area contributed by atoms with Crippen molar-refractivity contribution >= 4 is 45.6 Å². The first kappa shape index (κ1) is 21.9. The largest absolute Gasteiger partial charge is 0.465 e. The second-order valence-corrected chi connectivity index (χ2v) is 7.24. The predicted octanol–water partition coefficient (Wildman–Crippen LogP) is 4.25. The van der Waals surface area contributed by atoms with Gasteiger partial charge in [-0.2, -0.15) is 5.10 Å². The Hall–Kier alpha value is -3.78. The number of benzene rings is 3. The molecule has 0 aliphatic heterocycles. The molecule has 0 unspecified atom stereocenters. The van der Waals surface area contributed by atoms with E-state index < -0.39 is 11.9 Å². The van der Waals surface area contributed by atoms with E-state index in [1.165, 1.54) is 13.3 Å². The zero-order valence-electron chi connectivity index (χ0n) is 16.5. The maximum absolute atomic E-state index is 12.6. The third-order valence-corrected chi connectivity index (χ3v) is 4.71.